The van der Waals surface area contributed by atoms with Crippen LogP contribution in [0.3, 0.4) is 0 Å². The van der Waals surface area contributed by atoms with E-state index in [0.717, 1.165) is 43.2 Å². The third-order valence-electron chi connectivity index (χ3n) is 5.02. The molecule has 2 aromatic heterocycles. The second kappa shape index (κ2) is 6.17. The lowest BCUT2D eigenvalue weighted by atomic mass is 10.0. The van der Waals surface area contributed by atoms with Crippen LogP contribution in [0.5, 0.6) is 11.5 Å². The zero-order valence-electron chi connectivity index (χ0n) is 14.7. The SMILES string of the molecule is Cn1cc(CN2CCc3[nH]nc(C4COc5ccccc5O4)c3C2)cn1. The van der Waals surface area contributed by atoms with Crippen LogP contribution >= 0.6 is 0 Å². The van der Waals surface area contributed by atoms with Gasteiger partial charge in [0, 0.05) is 56.1 Å². The molecule has 3 aromatic rings. The molecule has 1 aromatic carbocycles. The van der Waals surface area contributed by atoms with Gasteiger partial charge in [0.15, 0.2) is 17.6 Å². The molecular formula is C19H21N5O2. The monoisotopic (exact) mass is 351 g/mol. The molecular weight excluding hydrogens is 330 g/mol. The summed E-state index contributed by atoms with van der Waals surface area (Å²) in [7, 11) is 1.95. The van der Waals surface area contributed by atoms with E-state index in [1.807, 2.05) is 42.2 Å². The quantitative estimate of drug-likeness (QED) is 0.784. The number of ether oxygens (including phenoxy) is 2. The first-order valence-electron chi connectivity index (χ1n) is 8.90. The van der Waals surface area contributed by atoms with Gasteiger partial charge in [0.1, 0.15) is 12.3 Å². The predicted molar refractivity (Wildman–Crippen MR) is 94.9 cm³/mol. The average Bonchev–Trinajstić information content (AvgIpc) is 3.27. The van der Waals surface area contributed by atoms with Crippen LogP contribution in [-0.4, -0.2) is 38.0 Å². The first-order valence-corrected chi connectivity index (χ1v) is 8.90. The van der Waals surface area contributed by atoms with Crippen molar-refractivity contribution in [1.82, 2.24) is 24.9 Å². The molecule has 134 valence electrons. The molecule has 7 heteroatoms. The maximum atomic E-state index is 6.16. The number of benzene rings is 1. The molecule has 1 unspecified atom stereocenters. The van der Waals surface area contributed by atoms with Crippen LogP contribution in [0, 0.1) is 0 Å². The zero-order chi connectivity index (χ0) is 17.5. The maximum Gasteiger partial charge on any atom is 0.177 e. The predicted octanol–water partition coefficient (Wildman–Crippen LogP) is 2.21. The van der Waals surface area contributed by atoms with Gasteiger partial charge in [-0.15, -0.1) is 0 Å². The Bertz CT molecular complexity index is 932. The molecule has 0 spiro atoms. The minimum Gasteiger partial charge on any atom is -0.485 e. The smallest absolute Gasteiger partial charge is 0.177 e. The van der Waals surface area contributed by atoms with Gasteiger partial charge in [-0.3, -0.25) is 14.7 Å². The van der Waals surface area contributed by atoms with Gasteiger partial charge in [-0.1, -0.05) is 12.1 Å². The minimum atomic E-state index is -0.178. The number of aryl methyl sites for hydroxylation is 1. The van der Waals surface area contributed by atoms with Crippen molar-refractivity contribution in [2.45, 2.75) is 25.6 Å². The zero-order valence-corrected chi connectivity index (χ0v) is 14.7. The van der Waals surface area contributed by atoms with Crippen molar-refractivity contribution < 1.29 is 9.47 Å². The highest BCUT2D eigenvalue weighted by atomic mass is 16.6. The summed E-state index contributed by atoms with van der Waals surface area (Å²) in [4.78, 5) is 2.43. The van der Waals surface area contributed by atoms with Gasteiger partial charge in [-0.2, -0.15) is 10.2 Å². The molecule has 2 aliphatic rings. The van der Waals surface area contributed by atoms with E-state index in [1.165, 1.54) is 16.8 Å². The molecule has 0 saturated carbocycles. The molecule has 0 saturated heterocycles. The van der Waals surface area contributed by atoms with Crippen molar-refractivity contribution in [3.8, 4) is 11.5 Å². The number of fused-ring (bicyclic) bond motifs is 2. The first-order chi connectivity index (χ1) is 12.8. The molecule has 0 radical (unpaired) electrons. The summed E-state index contributed by atoms with van der Waals surface area (Å²) in [5.41, 5.74) is 4.65. The van der Waals surface area contributed by atoms with Crippen molar-refractivity contribution in [1.29, 1.82) is 0 Å². The van der Waals surface area contributed by atoms with Crippen molar-refractivity contribution in [3.05, 3.63) is 59.2 Å². The number of nitrogens with one attached hydrogen (secondary N) is 1. The third kappa shape index (κ3) is 2.74. The maximum absolute atomic E-state index is 6.16. The largest absolute Gasteiger partial charge is 0.485 e. The first kappa shape index (κ1) is 15.5. The third-order valence-corrected chi connectivity index (χ3v) is 5.02. The molecule has 1 N–H and O–H groups in total. The number of rotatable bonds is 3. The van der Waals surface area contributed by atoms with E-state index in [9.17, 15) is 0 Å². The van der Waals surface area contributed by atoms with E-state index in [-0.39, 0.29) is 6.10 Å². The fraction of sp³-hybridized carbons (Fsp3) is 0.368. The van der Waals surface area contributed by atoms with Crippen molar-refractivity contribution >= 4 is 0 Å². The highest BCUT2D eigenvalue weighted by Crippen LogP contribution is 2.37. The van der Waals surface area contributed by atoms with E-state index >= 15 is 0 Å². The Balaban J connectivity index is 1.36. The number of nitrogens with zero attached hydrogens (tertiary/aromatic N) is 4. The van der Waals surface area contributed by atoms with Gasteiger partial charge in [0.05, 0.1) is 6.20 Å². The second-order valence-electron chi connectivity index (χ2n) is 6.91. The molecule has 1 atom stereocenters. The second-order valence-corrected chi connectivity index (χ2v) is 6.91. The Morgan fingerprint density at radius 3 is 3.00 bits per heavy atom. The fourth-order valence-electron chi connectivity index (χ4n) is 3.74. The molecule has 0 amide bonds. The molecule has 2 aliphatic heterocycles. The van der Waals surface area contributed by atoms with E-state index in [4.69, 9.17) is 9.47 Å². The fourth-order valence-corrected chi connectivity index (χ4v) is 3.74. The Hall–Kier alpha value is -2.80. The summed E-state index contributed by atoms with van der Waals surface area (Å²) in [5, 5.41) is 12.0. The number of aromatic nitrogens is 4. The van der Waals surface area contributed by atoms with Gasteiger partial charge < -0.3 is 9.47 Å². The molecule has 0 bridgehead atoms. The summed E-state index contributed by atoms with van der Waals surface area (Å²) < 4.78 is 13.9. The van der Waals surface area contributed by atoms with Gasteiger partial charge in [0.2, 0.25) is 0 Å². The van der Waals surface area contributed by atoms with Gasteiger partial charge in [-0.25, -0.2) is 0 Å². The Morgan fingerprint density at radius 1 is 1.27 bits per heavy atom. The summed E-state index contributed by atoms with van der Waals surface area (Å²) in [5.74, 6) is 1.58. The van der Waals surface area contributed by atoms with Crippen LogP contribution in [0.4, 0.5) is 0 Å². The molecule has 5 rings (SSSR count). The van der Waals surface area contributed by atoms with Gasteiger partial charge in [-0.05, 0) is 12.1 Å². The average molecular weight is 351 g/mol. The normalized spacial score (nSPS) is 19.3. The number of hydrogen-bond donors (Lipinski definition) is 1. The topological polar surface area (TPSA) is 68.2 Å². The van der Waals surface area contributed by atoms with E-state index in [2.05, 4.69) is 26.4 Å². The number of para-hydroxylation sites is 2. The van der Waals surface area contributed by atoms with Crippen LogP contribution in [0.15, 0.2) is 36.7 Å². The Morgan fingerprint density at radius 2 is 2.15 bits per heavy atom. The number of hydrogen-bond acceptors (Lipinski definition) is 5. The summed E-state index contributed by atoms with van der Waals surface area (Å²) in [6, 6.07) is 7.78. The number of H-pyrrole nitrogens is 1. The lowest BCUT2D eigenvalue weighted by Gasteiger charge is -2.29. The lowest BCUT2D eigenvalue weighted by Crippen LogP contribution is -2.31. The summed E-state index contributed by atoms with van der Waals surface area (Å²) >= 11 is 0. The summed E-state index contributed by atoms with van der Waals surface area (Å²) in [6.07, 6.45) is 4.79. The van der Waals surface area contributed by atoms with Crippen molar-refractivity contribution in [2.24, 2.45) is 7.05 Å². The molecule has 26 heavy (non-hydrogen) atoms. The van der Waals surface area contributed by atoms with E-state index in [0.29, 0.717) is 6.61 Å². The minimum absolute atomic E-state index is 0.178. The highest BCUT2D eigenvalue weighted by molar-refractivity contribution is 5.42. The van der Waals surface area contributed by atoms with Crippen molar-refractivity contribution in [3.63, 3.8) is 0 Å². The van der Waals surface area contributed by atoms with Crippen LogP contribution in [-0.2, 0) is 26.6 Å². The Labute approximate surface area is 151 Å². The van der Waals surface area contributed by atoms with Gasteiger partial charge in [0.25, 0.3) is 0 Å². The molecule has 0 aliphatic carbocycles. The van der Waals surface area contributed by atoms with Crippen molar-refractivity contribution in [2.75, 3.05) is 13.2 Å². The summed E-state index contributed by atoms with van der Waals surface area (Å²) in [6.45, 7) is 3.24. The van der Waals surface area contributed by atoms with E-state index < -0.39 is 0 Å². The molecule has 7 nitrogen and oxygen atoms in total. The van der Waals surface area contributed by atoms with E-state index in [1.54, 1.807) is 0 Å². The number of aromatic amines is 1. The van der Waals surface area contributed by atoms with Crippen LogP contribution in [0.2, 0.25) is 0 Å². The van der Waals surface area contributed by atoms with Gasteiger partial charge >= 0.3 is 0 Å². The lowest BCUT2D eigenvalue weighted by molar-refractivity contribution is 0.0867. The standard InChI is InChI=1S/C19H21N5O2/c1-23-9-13(8-20-23)10-24-7-6-15-14(11-24)19(22-21-15)18-12-25-16-4-2-3-5-17(16)26-18/h2-5,8-9,18H,6-7,10-12H2,1H3,(H,21,22). The Kier molecular flexibility index (Phi) is 3.67. The highest BCUT2D eigenvalue weighted by Gasteiger charge is 2.30. The molecule has 4 heterocycles. The van der Waals surface area contributed by atoms with Crippen LogP contribution in [0.1, 0.15) is 28.6 Å². The van der Waals surface area contributed by atoms with Crippen LogP contribution in [0.25, 0.3) is 0 Å². The van der Waals surface area contributed by atoms with Crippen LogP contribution < -0.4 is 9.47 Å². The molecule has 0 fully saturated rings.